The van der Waals surface area contributed by atoms with E-state index in [0.717, 1.165) is 0 Å². The number of urea groups is 1. The lowest BCUT2D eigenvalue weighted by molar-refractivity contribution is -0.137. The van der Waals surface area contributed by atoms with E-state index in [-0.39, 0.29) is 11.9 Å². The topological polar surface area (TPSA) is 84.5 Å². The summed E-state index contributed by atoms with van der Waals surface area (Å²) in [6.45, 7) is 1.59. The molecule has 0 aliphatic heterocycles. The molecule has 6 heteroatoms. The van der Waals surface area contributed by atoms with Gasteiger partial charge >= 0.3 is 6.03 Å². The normalized spacial score (nSPS) is 18.6. The standard InChI is InChI=1S/C11H18N2O4/c1-7(10(15)13-11(16)12-2)17-9-5-3-8(14)4-6-9/h7,9H,3-6H2,1-2H3,(H2,12,13,15,16). The van der Waals surface area contributed by atoms with Crippen LogP contribution in [0.3, 0.4) is 0 Å². The average molecular weight is 242 g/mol. The second-order valence-electron chi connectivity index (χ2n) is 4.08. The third kappa shape index (κ3) is 4.52. The van der Waals surface area contributed by atoms with Crippen molar-refractivity contribution in [3.63, 3.8) is 0 Å². The van der Waals surface area contributed by atoms with E-state index in [1.54, 1.807) is 6.92 Å². The summed E-state index contributed by atoms with van der Waals surface area (Å²) in [7, 11) is 1.43. The molecule has 17 heavy (non-hydrogen) atoms. The van der Waals surface area contributed by atoms with Gasteiger partial charge in [0.05, 0.1) is 6.10 Å². The maximum absolute atomic E-state index is 11.5. The fraction of sp³-hybridized carbons (Fsp3) is 0.727. The molecule has 1 atom stereocenters. The molecule has 6 nitrogen and oxygen atoms in total. The minimum atomic E-state index is -0.689. The lowest BCUT2D eigenvalue weighted by Gasteiger charge is -2.24. The van der Waals surface area contributed by atoms with Crippen molar-refractivity contribution >= 4 is 17.7 Å². The van der Waals surface area contributed by atoms with Gasteiger partial charge in [-0.05, 0) is 19.8 Å². The zero-order valence-electron chi connectivity index (χ0n) is 10.1. The number of imide groups is 1. The molecule has 0 aromatic heterocycles. The molecule has 1 fully saturated rings. The van der Waals surface area contributed by atoms with E-state index in [1.807, 2.05) is 0 Å². The van der Waals surface area contributed by atoms with Gasteiger partial charge in [-0.15, -0.1) is 0 Å². The van der Waals surface area contributed by atoms with Gasteiger partial charge in [-0.2, -0.15) is 0 Å². The molecular weight excluding hydrogens is 224 g/mol. The summed E-state index contributed by atoms with van der Waals surface area (Å²) in [5.41, 5.74) is 0. The number of amides is 3. The average Bonchev–Trinajstić information content (AvgIpc) is 2.31. The van der Waals surface area contributed by atoms with Crippen molar-refractivity contribution in [3.05, 3.63) is 0 Å². The Balaban J connectivity index is 2.33. The highest BCUT2D eigenvalue weighted by Gasteiger charge is 2.24. The first-order chi connectivity index (χ1) is 8.02. The maximum atomic E-state index is 11.5. The number of hydrogen-bond donors (Lipinski definition) is 2. The van der Waals surface area contributed by atoms with E-state index >= 15 is 0 Å². The Kier molecular flexibility index (Phi) is 5.09. The Bertz CT molecular complexity index is 307. The summed E-state index contributed by atoms with van der Waals surface area (Å²) in [5.74, 6) is -0.228. The first-order valence-corrected chi connectivity index (χ1v) is 5.72. The van der Waals surface area contributed by atoms with E-state index in [4.69, 9.17) is 4.74 Å². The Hall–Kier alpha value is -1.43. The molecule has 2 N–H and O–H groups in total. The summed E-state index contributed by atoms with van der Waals surface area (Å²) in [6.07, 6.45) is 1.55. The van der Waals surface area contributed by atoms with Gasteiger partial charge < -0.3 is 10.1 Å². The highest BCUT2D eigenvalue weighted by atomic mass is 16.5. The molecule has 0 bridgehead atoms. The molecule has 1 unspecified atom stereocenters. The van der Waals surface area contributed by atoms with Gasteiger partial charge in [-0.25, -0.2) is 4.79 Å². The van der Waals surface area contributed by atoms with Gasteiger partial charge in [0.15, 0.2) is 0 Å². The number of ether oxygens (including phenoxy) is 1. The smallest absolute Gasteiger partial charge is 0.321 e. The Labute approximate surface area is 100 Å². The van der Waals surface area contributed by atoms with E-state index in [9.17, 15) is 14.4 Å². The van der Waals surface area contributed by atoms with Gasteiger partial charge in [0, 0.05) is 19.9 Å². The fourth-order valence-electron chi connectivity index (χ4n) is 1.68. The third-order valence-electron chi connectivity index (χ3n) is 2.72. The van der Waals surface area contributed by atoms with Crippen LogP contribution in [0.1, 0.15) is 32.6 Å². The molecule has 1 aliphatic rings. The van der Waals surface area contributed by atoms with Crippen molar-refractivity contribution in [1.82, 2.24) is 10.6 Å². The van der Waals surface area contributed by atoms with Crippen LogP contribution in [0.5, 0.6) is 0 Å². The predicted molar refractivity (Wildman–Crippen MR) is 60.4 cm³/mol. The number of Topliss-reactive ketones (excluding diaryl/α,β-unsaturated/α-hetero) is 1. The van der Waals surface area contributed by atoms with Crippen LogP contribution in [0.2, 0.25) is 0 Å². The number of carbonyl (C=O) groups excluding carboxylic acids is 3. The van der Waals surface area contributed by atoms with Crippen LogP contribution < -0.4 is 10.6 Å². The largest absolute Gasteiger partial charge is 0.365 e. The Morgan fingerprint density at radius 2 is 1.94 bits per heavy atom. The minimum Gasteiger partial charge on any atom is -0.365 e. The lowest BCUT2D eigenvalue weighted by Crippen LogP contribution is -2.44. The highest BCUT2D eigenvalue weighted by molar-refractivity contribution is 5.96. The van der Waals surface area contributed by atoms with Crippen LogP contribution in [0.25, 0.3) is 0 Å². The summed E-state index contributed by atoms with van der Waals surface area (Å²) in [5, 5.41) is 4.44. The number of hydrogen-bond acceptors (Lipinski definition) is 4. The second kappa shape index (κ2) is 6.34. The van der Waals surface area contributed by atoms with Crippen molar-refractivity contribution in [2.24, 2.45) is 0 Å². The van der Waals surface area contributed by atoms with Crippen LogP contribution in [0, 0.1) is 0 Å². The summed E-state index contributed by atoms with van der Waals surface area (Å²) in [6, 6.07) is -0.552. The summed E-state index contributed by atoms with van der Waals surface area (Å²) in [4.78, 5) is 33.4. The molecule has 0 saturated heterocycles. The zero-order valence-corrected chi connectivity index (χ0v) is 10.1. The molecule has 1 rings (SSSR count). The zero-order chi connectivity index (χ0) is 12.8. The van der Waals surface area contributed by atoms with E-state index < -0.39 is 18.0 Å². The van der Waals surface area contributed by atoms with Gasteiger partial charge in [0.1, 0.15) is 11.9 Å². The molecule has 0 heterocycles. The number of nitrogens with one attached hydrogen (secondary N) is 2. The van der Waals surface area contributed by atoms with Crippen LogP contribution in [0.15, 0.2) is 0 Å². The lowest BCUT2D eigenvalue weighted by atomic mass is 9.96. The Morgan fingerprint density at radius 1 is 1.35 bits per heavy atom. The molecular formula is C11H18N2O4. The summed E-state index contributed by atoms with van der Waals surface area (Å²) >= 11 is 0. The van der Waals surface area contributed by atoms with Crippen LogP contribution >= 0.6 is 0 Å². The van der Waals surface area contributed by atoms with Gasteiger partial charge in [0.2, 0.25) is 0 Å². The molecule has 0 radical (unpaired) electrons. The first-order valence-electron chi connectivity index (χ1n) is 5.72. The second-order valence-corrected chi connectivity index (χ2v) is 4.08. The molecule has 0 aromatic rings. The quantitative estimate of drug-likeness (QED) is 0.748. The van der Waals surface area contributed by atoms with Crippen molar-refractivity contribution < 1.29 is 19.1 Å². The monoisotopic (exact) mass is 242 g/mol. The van der Waals surface area contributed by atoms with Crippen LogP contribution in [-0.4, -0.2) is 37.0 Å². The van der Waals surface area contributed by atoms with E-state index in [1.165, 1.54) is 7.05 Å². The molecule has 3 amide bonds. The van der Waals surface area contributed by atoms with Crippen molar-refractivity contribution in [2.45, 2.75) is 44.8 Å². The SMILES string of the molecule is CNC(=O)NC(=O)C(C)OC1CCC(=O)CC1. The van der Waals surface area contributed by atoms with Crippen molar-refractivity contribution in [2.75, 3.05) is 7.05 Å². The fourth-order valence-corrected chi connectivity index (χ4v) is 1.68. The predicted octanol–water partition coefficient (Wildman–Crippen LogP) is 0.359. The molecule has 1 aliphatic carbocycles. The number of carbonyl (C=O) groups is 3. The summed E-state index contributed by atoms with van der Waals surface area (Å²) < 4.78 is 5.50. The maximum Gasteiger partial charge on any atom is 0.321 e. The first kappa shape index (κ1) is 13.6. The highest BCUT2D eigenvalue weighted by Crippen LogP contribution is 2.19. The van der Waals surface area contributed by atoms with E-state index in [2.05, 4.69) is 10.6 Å². The molecule has 96 valence electrons. The van der Waals surface area contributed by atoms with Gasteiger partial charge in [0.25, 0.3) is 5.91 Å². The minimum absolute atomic E-state index is 0.0712. The Morgan fingerprint density at radius 3 is 2.47 bits per heavy atom. The third-order valence-corrected chi connectivity index (χ3v) is 2.72. The van der Waals surface area contributed by atoms with Crippen molar-refractivity contribution in [3.8, 4) is 0 Å². The van der Waals surface area contributed by atoms with Crippen LogP contribution in [0.4, 0.5) is 4.79 Å². The number of ketones is 1. The van der Waals surface area contributed by atoms with Gasteiger partial charge in [-0.1, -0.05) is 0 Å². The van der Waals surface area contributed by atoms with E-state index in [0.29, 0.717) is 25.7 Å². The van der Waals surface area contributed by atoms with Crippen LogP contribution in [-0.2, 0) is 14.3 Å². The van der Waals surface area contributed by atoms with Crippen molar-refractivity contribution in [1.29, 1.82) is 0 Å². The number of rotatable bonds is 3. The van der Waals surface area contributed by atoms with Gasteiger partial charge in [-0.3, -0.25) is 14.9 Å². The molecule has 0 spiro atoms. The molecule has 1 saturated carbocycles. The molecule has 0 aromatic carbocycles.